The first kappa shape index (κ1) is 15.2. The van der Waals surface area contributed by atoms with Crippen LogP contribution in [-0.4, -0.2) is 12.6 Å². The third-order valence-electron chi connectivity index (χ3n) is 4.01. The second-order valence-electron chi connectivity index (χ2n) is 5.71. The molecule has 4 heteroatoms. The van der Waals surface area contributed by atoms with Crippen LogP contribution in [0.2, 0.25) is 5.02 Å². The number of halogens is 1. The molecule has 1 aromatic carbocycles. The Morgan fingerprint density at radius 1 is 1.50 bits per heavy atom. The zero-order chi connectivity index (χ0) is 14.6. The van der Waals surface area contributed by atoms with Crippen molar-refractivity contribution >= 4 is 11.6 Å². The number of nitriles is 1. The Morgan fingerprint density at radius 2 is 2.25 bits per heavy atom. The fourth-order valence-corrected chi connectivity index (χ4v) is 2.47. The minimum atomic E-state index is 0.0706. The van der Waals surface area contributed by atoms with E-state index >= 15 is 0 Å². The monoisotopic (exact) mass is 292 g/mol. The number of nitrogens with two attached hydrogens (primary N) is 1. The molecule has 3 nitrogen and oxygen atoms in total. The van der Waals surface area contributed by atoms with Crippen LogP contribution in [0.1, 0.15) is 38.2 Å². The molecule has 0 spiro atoms. The minimum absolute atomic E-state index is 0.0706. The van der Waals surface area contributed by atoms with Crippen LogP contribution in [0.3, 0.4) is 0 Å². The summed E-state index contributed by atoms with van der Waals surface area (Å²) in [5, 5.41) is 9.55. The van der Waals surface area contributed by atoms with Crippen LogP contribution >= 0.6 is 11.6 Å². The lowest BCUT2D eigenvalue weighted by molar-refractivity contribution is 0.234. The van der Waals surface area contributed by atoms with Crippen molar-refractivity contribution in [3.63, 3.8) is 0 Å². The van der Waals surface area contributed by atoms with Crippen LogP contribution in [-0.2, 0) is 6.42 Å². The molecule has 0 radical (unpaired) electrons. The second-order valence-corrected chi connectivity index (χ2v) is 6.12. The van der Waals surface area contributed by atoms with Gasteiger partial charge in [-0.3, -0.25) is 0 Å². The molecule has 0 saturated heterocycles. The van der Waals surface area contributed by atoms with Gasteiger partial charge in [-0.2, -0.15) is 5.26 Å². The van der Waals surface area contributed by atoms with Crippen molar-refractivity contribution in [1.82, 2.24) is 0 Å². The van der Waals surface area contributed by atoms with Crippen LogP contribution in [0.15, 0.2) is 18.2 Å². The van der Waals surface area contributed by atoms with Crippen molar-refractivity contribution in [2.45, 2.75) is 45.1 Å². The molecule has 1 saturated carbocycles. The summed E-state index contributed by atoms with van der Waals surface area (Å²) >= 11 is 6.27. The molecule has 20 heavy (non-hydrogen) atoms. The molecule has 1 unspecified atom stereocenters. The first-order chi connectivity index (χ1) is 9.60. The van der Waals surface area contributed by atoms with Gasteiger partial charge in [-0.1, -0.05) is 24.6 Å². The Morgan fingerprint density at radius 3 is 2.85 bits per heavy atom. The van der Waals surface area contributed by atoms with E-state index in [0.29, 0.717) is 18.1 Å². The Bertz CT molecular complexity index is 506. The van der Waals surface area contributed by atoms with Crippen molar-refractivity contribution in [2.24, 2.45) is 11.1 Å². The zero-order valence-electron chi connectivity index (χ0n) is 11.9. The number of benzene rings is 1. The second kappa shape index (κ2) is 6.47. The standard InChI is InChI=1S/C16H21ClN2O/c1-2-12(19)10-13-14(17)4-3-5-15(13)20-11-16(6-7-16)8-9-18/h3-5,12H,2,6-8,10-11,19H2,1H3. The zero-order valence-corrected chi connectivity index (χ0v) is 12.6. The summed E-state index contributed by atoms with van der Waals surface area (Å²) in [5.41, 5.74) is 7.08. The van der Waals surface area contributed by atoms with Crippen LogP contribution < -0.4 is 10.5 Å². The highest BCUT2D eigenvalue weighted by Gasteiger charge is 2.43. The molecule has 1 fully saturated rings. The summed E-state index contributed by atoms with van der Waals surface area (Å²) in [4.78, 5) is 0. The van der Waals surface area contributed by atoms with Crippen molar-refractivity contribution in [3.8, 4) is 11.8 Å². The molecule has 1 aromatic rings. The van der Waals surface area contributed by atoms with Crippen molar-refractivity contribution in [1.29, 1.82) is 5.26 Å². The smallest absolute Gasteiger partial charge is 0.124 e. The van der Waals surface area contributed by atoms with Gasteiger partial charge in [0.05, 0.1) is 12.7 Å². The summed E-state index contributed by atoms with van der Waals surface area (Å²) in [6.45, 7) is 2.66. The molecule has 0 amide bonds. The van der Waals surface area contributed by atoms with E-state index in [4.69, 9.17) is 27.3 Å². The largest absolute Gasteiger partial charge is 0.493 e. The van der Waals surface area contributed by atoms with Crippen molar-refractivity contribution in [2.75, 3.05) is 6.61 Å². The maximum Gasteiger partial charge on any atom is 0.124 e. The summed E-state index contributed by atoms with van der Waals surface area (Å²) < 4.78 is 5.95. The summed E-state index contributed by atoms with van der Waals surface area (Å²) in [7, 11) is 0. The van der Waals surface area contributed by atoms with Crippen molar-refractivity contribution < 1.29 is 4.74 Å². The fourth-order valence-electron chi connectivity index (χ4n) is 2.23. The average molecular weight is 293 g/mol. The molecule has 0 bridgehead atoms. The normalized spacial score (nSPS) is 17.3. The van der Waals surface area contributed by atoms with Crippen molar-refractivity contribution in [3.05, 3.63) is 28.8 Å². The van der Waals surface area contributed by atoms with Gasteiger partial charge >= 0.3 is 0 Å². The van der Waals surface area contributed by atoms with E-state index < -0.39 is 0 Å². The highest BCUT2D eigenvalue weighted by Crippen LogP contribution is 2.49. The molecule has 1 aliphatic rings. The minimum Gasteiger partial charge on any atom is -0.493 e. The Balaban J connectivity index is 2.07. The van der Waals surface area contributed by atoms with E-state index in [0.717, 1.165) is 37.0 Å². The third-order valence-corrected chi connectivity index (χ3v) is 4.37. The van der Waals surface area contributed by atoms with E-state index in [9.17, 15) is 0 Å². The Hall–Kier alpha value is -1.24. The summed E-state index contributed by atoms with van der Waals surface area (Å²) in [6, 6.07) is 8.03. The molecule has 0 heterocycles. The van der Waals surface area contributed by atoms with Gasteiger partial charge in [-0.25, -0.2) is 0 Å². The van der Waals surface area contributed by atoms with E-state index in [2.05, 4.69) is 13.0 Å². The molecule has 2 rings (SSSR count). The van der Waals surface area contributed by atoms with E-state index in [1.165, 1.54) is 0 Å². The van der Waals surface area contributed by atoms with E-state index in [1.54, 1.807) is 0 Å². The Kier molecular flexibility index (Phi) is 4.91. The van der Waals surface area contributed by atoms with Gasteiger partial charge in [0.15, 0.2) is 0 Å². The van der Waals surface area contributed by atoms with Crippen LogP contribution in [0.4, 0.5) is 0 Å². The highest BCUT2D eigenvalue weighted by atomic mass is 35.5. The molecule has 2 N–H and O–H groups in total. The topological polar surface area (TPSA) is 59.0 Å². The molecular formula is C16H21ClN2O. The maximum atomic E-state index is 8.85. The maximum absolute atomic E-state index is 8.85. The quantitative estimate of drug-likeness (QED) is 0.834. The van der Waals surface area contributed by atoms with Gasteiger partial charge in [0.25, 0.3) is 0 Å². The fraction of sp³-hybridized carbons (Fsp3) is 0.562. The number of rotatable bonds is 7. The predicted molar refractivity (Wildman–Crippen MR) is 80.8 cm³/mol. The predicted octanol–water partition coefficient (Wildman–Crippen LogP) is 3.69. The first-order valence-electron chi connectivity index (χ1n) is 7.13. The van der Waals surface area contributed by atoms with Gasteiger partial charge < -0.3 is 10.5 Å². The number of hydrogen-bond donors (Lipinski definition) is 1. The molecule has 0 aromatic heterocycles. The van der Waals surface area contributed by atoms with Gasteiger partial charge in [0.2, 0.25) is 0 Å². The third kappa shape index (κ3) is 3.65. The number of hydrogen-bond acceptors (Lipinski definition) is 3. The van der Waals surface area contributed by atoms with Crippen LogP contribution in [0.25, 0.3) is 0 Å². The average Bonchev–Trinajstić information content (AvgIpc) is 3.20. The first-order valence-corrected chi connectivity index (χ1v) is 7.51. The molecule has 1 atom stereocenters. The highest BCUT2D eigenvalue weighted by molar-refractivity contribution is 6.31. The lowest BCUT2D eigenvalue weighted by atomic mass is 10.0. The van der Waals surface area contributed by atoms with E-state index in [1.807, 2.05) is 18.2 Å². The molecule has 108 valence electrons. The number of nitrogens with zero attached hydrogens (tertiary/aromatic N) is 1. The molecular weight excluding hydrogens is 272 g/mol. The molecule has 0 aliphatic heterocycles. The summed E-state index contributed by atoms with van der Waals surface area (Å²) in [5.74, 6) is 0.811. The SMILES string of the molecule is CCC(N)Cc1c(Cl)cccc1OCC1(CC#N)CC1. The Labute approximate surface area is 125 Å². The van der Waals surface area contributed by atoms with Gasteiger partial charge in [-0.05, 0) is 37.8 Å². The van der Waals surface area contributed by atoms with Gasteiger partial charge in [-0.15, -0.1) is 0 Å². The lowest BCUT2D eigenvalue weighted by Crippen LogP contribution is -2.22. The molecule has 1 aliphatic carbocycles. The van der Waals surface area contributed by atoms with Crippen LogP contribution in [0, 0.1) is 16.7 Å². The van der Waals surface area contributed by atoms with Gasteiger partial charge in [0, 0.05) is 28.5 Å². The van der Waals surface area contributed by atoms with Gasteiger partial charge in [0.1, 0.15) is 5.75 Å². The van der Waals surface area contributed by atoms with E-state index in [-0.39, 0.29) is 11.5 Å². The summed E-state index contributed by atoms with van der Waals surface area (Å²) in [6.07, 6.45) is 4.34. The van der Waals surface area contributed by atoms with Crippen LogP contribution in [0.5, 0.6) is 5.75 Å². The lowest BCUT2D eigenvalue weighted by Gasteiger charge is -2.18. The number of ether oxygens (including phenoxy) is 1.